The van der Waals surface area contributed by atoms with E-state index < -0.39 is 0 Å². The second-order valence-electron chi connectivity index (χ2n) is 4.94. The summed E-state index contributed by atoms with van der Waals surface area (Å²) in [5.74, 6) is 2.45. The summed E-state index contributed by atoms with van der Waals surface area (Å²) in [6.45, 7) is 0.726. The third-order valence-electron chi connectivity index (χ3n) is 3.27. The molecule has 0 saturated heterocycles. The van der Waals surface area contributed by atoms with Crippen LogP contribution in [0.15, 0.2) is 42.5 Å². The quantitative estimate of drug-likeness (QED) is 0.367. The van der Waals surface area contributed by atoms with Crippen molar-refractivity contribution in [3.63, 3.8) is 0 Å². The molecule has 3 nitrogen and oxygen atoms in total. The van der Waals surface area contributed by atoms with Gasteiger partial charge in [-0.15, -0.1) is 0 Å². The van der Waals surface area contributed by atoms with Crippen molar-refractivity contribution >= 4 is 28.1 Å². The number of rotatable bonds is 8. The van der Waals surface area contributed by atoms with E-state index in [0.717, 1.165) is 46.7 Å². The van der Waals surface area contributed by atoms with Gasteiger partial charge in [-0.25, -0.2) is 0 Å². The SMILES string of the molecule is COc1cc(/C=C/c2ccc(OCCCBr)cc2)cc(OC)c1. The highest BCUT2D eigenvalue weighted by molar-refractivity contribution is 9.09. The molecule has 0 aromatic heterocycles. The maximum Gasteiger partial charge on any atom is 0.123 e. The average molecular weight is 377 g/mol. The molecule has 0 N–H and O–H groups in total. The molecule has 0 bridgehead atoms. The van der Waals surface area contributed by atoms with Gasteiger partial charge < -0.3 is 14.2 Å². The smallest absolute Gasteiger partial charge is 0.123 e. The van der Waals surface area contributed by atoms with E-state index in [4.69, 9.17) is 14.2 Å². The van der Waals surface area contributed by atoms with Gasteiger partial charge in [-0.3, -0.25) is 0 Å². The van der Waals surface area contributed by atoms with Crippen LogP contribution >= 0.6 is 15.9 Å². The minimum absolute atomic E-state index is 0.726. The number of benzene rings is 2. The standard InChI is InChI=1S/C19H21BrO3/c1-21-18-12-16(13-19(14-18)22-2)5-4-15-6-8-17(9-7-15)23-11-3-10-20/h4-9,12-14H,3,10-11H2,1-2H3/b5-4+. The van der Waals surface area contributed by atoms with Crippen LogP contribution in [-0.2, 0) is 0 Å². The van der Waals surface area contributed by atoms with Gasteiger partial charge in [0, 0.05) is 11.4 Å². The van der Waals surface area contributed by atoms with Crippen LogP contribution in [0.3, 0.4) is 0 Å². The van der Waals surface area contributed by atoms with Crippen LogP contribution in [0.2, 0.25) is 0 Å². The molecule has 0 heterocycles. The van der Waals surface area contributed by atoms with Crippen molar-refractivity contribution in [1.29, 1.82) is 0 Å². The molecule has 0 aliphatic rings. The van der Waals surface area contributed by atoms with E-state index in [9.17, 15) is 0 Å². The van der Waals surface area contributed by atoms with E-state index in [2.05, 4.69) is 22.0 Å². The lowest BCUT2D eigenvalue weighted by atomic mass is 10.1. The van der Waals surface area contributed by atoms with Crippen LogP contribution < -0.4 is 14.2 Å². The zero-order chi connectivity index (χ0) is 16.5. The highest BCUT2D eigenvalue weighted by atomic mass is 79.9. The number of ether oxygens (including phenoxy) is 3. The molecule has 0 unspecified atom stereocenters. The third kappa shape index (κ3) is 5.64. The topological polar surface area (TPSA) is 27.7 Å². The summed E-state index contributed by atoms with van der Waals surface area (Å²) in [7, 11) is 3.30. The Morgan fingerprint density at radius 1 is 0.826 bits per heavy atom. The van der Waals surface area contributed by atoms with Crippen molar-refractivity contribution < 1.29 is 14.2 Å². The van der Waals surface area contributed by atoms with Crippen molar-refractivity contribution in [1.82, 2.24) is 0 Å². The Morgan fingerprint density at radius 2 is 1.43 bits per heavy atom. The molecule has 23 heavy (non-hydrogen) atoms. The molecule has 0 aliphatic heterocycles. The van der Waals surface area contributed by atoms with E-state index >= 15 is 0 Å². The van der Waals surface area contributed by atoms with Gasteiger partial charge >= 0.3 is 0 Å². The summed E-state index contributed by atoms with van der Waals surface area (Å²) in [6.07, 6.45) is 5.08. The zero-order valence-electron chi connectivity index (χ0n) is 13.4. The summed E-state index contributed by atoms with van der Waals surface area (Å²) in [5.41, 5.74) is 2.14. The number of hydrogen-bond donors (Lipinski definition) is 0. The monoisotopic (exact) mass is 376 g/mol. The van der Waals surface area contributed by atoms with Crippen LogP contribution in [0.1, 0.15) is 17.5 Å². The molecule has 0 spiro atoms. The van der Waals surface area contributed by atoms with Gasteiger partial charge in [0.1, 0.15) is 17.2 Å². The molecule has 0 aliphatic carbocycles. The molecule has 0 fully saturated rings. The largest absolute Gasteiger partial charge is 0.497 e. The second kappa shape index (κ2) is 9.26. The van der Waals surface area contributed by atoms with Crippen molar-refractivity contribution in [2.75, 3.05) is 26.2 Å². The Balaban J connectivity index is 2.05. The van der Waals surface area contributed by atoms with Crippen LogP contribution in [0, 0.1) is 0 Å². The highest BCUT2D eigenvalue weighted by Gasteiger charge is 1.99. The number of alkyl halides is 1. The van der Waals surface area contributed by atoms with Crippen LogP contribution in [0.4, 0.5) is 0 Å². The fourth-order valence-corrected chi connectivity index (χ4v) is 2.27. The first-order chi connectivity index (χ1) is 11.2. The van der Waals surface area contributed by atoms with Crippen molar-refractivity contribution in [3.05, 3.63) is 53.6 Å². The number of halogens is 1. The van der Waals surface area contributed by atoms with Gasteiger partial charge in [-0.1, -0.05) is 40.2 Å². The Morgan fingerprint density at radius 3 is 2.00 bits per heavy atom. The van der Waals surface area contributed by atoms with E-state index in [1.54, 1.807) is 14.2 Å². The van der Waals surface area contributed by atoms with Crippen molar-refractivity contribution in [3.8, 4) is 17.2 Å². The Hall–Kier alpha value is -1.94. The minimum Gasteiger partial charge on any atom is -0.497 e. The van der Waals surface area contributed by atoms with E-state index in [-0.39, 0.29) is 0 Å². The predicted octanol–water partition coefficient (Wildman–Crippen LogP) is 5.04. The molecule has 2 aromatic rings. The molecular formula is C19H21BrO3. The summed E-state index contributed by atoms with van der Waals surface area (Å²) in [4.78, 5) is 0. The molecule has 4 heteroatoms. The molecule has 0 atom stereocenters. The molecule has 0 saturated carbocycles. The molecule has 122 valence electrons. The van der Waals surface area contributed by atoms with E-state index in [0.29, 0.717) is 0 Å². The third-order valence-corrected chi connectivity index (χ3v) is 3.83. The minimum atomic E-state index is 0.726. The lowest BCUT2D eigenvalue weighted by molar-refractivity contribution is 0.319. The van der Waals surface area contributed by atoms with Gasteiger partial charge in [-0.2, -0.15) is 0 Å². The van der Waals surface area contributed by atoms with Gasteiger partial charge in [-0.05, 0) is 41.8 Å². The fourth-order valence-electron chi connectivity index (χ4n) is 2.04. The Labute approximate surface area is 146 Å². The van der Waals surface area contributed by atoms with Crippen LogP contribution in [-0.4, -0.2) is 26.2 Å². The predicted molar refractivity (Wildman–Crippen MR) is 98.8 cm³/mol. The number of hydrogen-bond acceptors (Lipinski definition) is 3. The highest BCUT2D eigenvalue weighted by Crippen LogP contribution is 2.24. The van der Waals surface area contributed by atoms with Crippen molar-refractivity contribution in [2.24, 2.45) is 0 Å². The maximum atomic E-state index is 5.64. The Bertz CT molecular complexity index is 613. The van der Waals surface area contributed by atoms with Gasteiger partial charge in [0.15, 0.2) is 0 Å². The molecule has 0 radical (unpaired) electrons. The first kappa shape index (κ1) is 17.4. The van der Waals surface area contributed by atoms with Crippen LogP contribution in [0.25, 0.3) is 12.2 Å². The van der Waals surface area contributed by atoms with E-state index in [1.165, 1.54) is 0 Å². The molecule has 0 amide bonds. The fraction of sp³-hybridized carbons (Fsp3) is 0.263. The van der Waals surface area contributed by atoms with Gasteiger partial charge in [0.2, 0.25) is 0 Å². The maximum absolute atomic E-state index is 5.64. The summed E-state index contributed by atoms with van der Waals surface area (Å²) in [5, 5.41) is 0.956. The lowest BCUT2D eigenvalue weighted by Gasteiger charge is -2.06. The van der Waals surface area contributed by atoms with Gasteiger partial charge in [0.25, 0.3) is 0 Å². The normalized spacial score (nSPS) is 10.7. The summed E-state index contributed by atoms with van der Waals surface area (Å²) >= 11 is 3.39. The molecule has 2 aromatic carbocycles. The van der Waals surface area contributed by atoms with Crippen molar-refractivity contribution in [2.45, 2.75) is 6.42 Å². The summed E-state index contributed by atoms with van der Waals surface area (Å²) in [6, 6.07) is 13.8. The van der Waals surface area contributed by atoms with Gasteiger partial charge in [0.05, 0.1) is 20.8 Å². The zero-order valence-corrected chi connectivity index (χ0v) is 15.0. The number of methoxy groups -OCH3 is 2. The Kier molecular flexibility index (Phi) is 7.01. The lowest BCUT2D eigenvalue weighted by Crippen LogP contribution is -1.97. The second-order valence-corrected chi connectivity index (χ2v) is 5.73. The average Bonchev–Trinajstić information content (AvgIpc) is 2.61. The van der Waals surface area contributed by atoms with E-state index in [1.807, 2.05) is 48.5 Å². The molecule has 2 rings (SSSR count). The first-order valence-corrected chi connectivity index (χ1v) is 8.57. The first-order valence-electron chi connectivity index (χ1n) is 7.45. The summed E-state index contributed by atoms with van der Waals surface area (Å²) < 4.78 is 16.2. The van der Waals surface area contributed by atoms with Crippen LogP contribution in [0.5, 0.6) is 17.2 Å². The molecular weight excluding hydrogens is 356 g/mol.